The van der Waals surface area contributed by atoms with Crippen molar-refractivity contribution in [3.8, 4) is 0 Å². The van der Waals surface area contributed by atoms with E-state index in [-0.39, 0.29) is 10.8 Å². The summed E-state index contributed by atoms with van der Waals surface area (Å²) >= 11 is 0. The van der Waals surface area contributed by atoms with E-state index in [1.54, 1.807) is 12.1 Å². The van der Waals surface area contributed by atoms with Crippen molar-refractivity contribution in [1.29, 1.82) is 0 Å². The summed E-state index contributed by atoms with van der Waals surface area (Å²) in [6, 6.07) is 6.15. The van der Waals surface area contributed by atoms with Crippen molar-refractivity contribution in [3.05, 3.63) is 41.5 Å². The largest absolute Gasteiger partial charge is 0.351 e. The third-order valence-electron chi connectivity index (χ3n) is 4.37. The third kappa shape index (κ3) is 6.55. The molecule has 1 aromatic rings. The number of carbonyl (C=O) groups excluding carboxylic acids is 1. The lowest BCUT2D eigenvalue weighted by Gasteiger charge is -2.13. The lowest BCUT2D eigenvalue weighted by atomic mass is 9.97. The zero-order valence-electron chi connectivity index (χ0n) is 15.6. The maximum atomic E-state index is 12.5. The van der Waals surface area contributed by atoms with Gasteiger partial charge in [0.2, 0.25) is 10.0 Å². The fourth-order valence-electron chi connectivity index (χ4n) is 2.86. The molecule has 0 aromatic heterocycles. The number of benzene rings is 1. The Morgan fingerprint density at radius 3 is 2.69 bits per heavy atom. The smallest absolute Gasteiger partial charge is 0.251 e. The number of hydrogen-bond donors (Lipinski definition) is 2. The summed E-state index contributed by atoms with van der Waals surface area (Å²) in [5, 5.41) is 2.79. The molecule has 0 saturated heterocycles. The van der Waals surface area contributed by atoms with Crippen LogP contribution in [0.25, 0.3) is 0 Å². The Hall–Kier alpha value is -1.70. The minimum Gasteiger partial charge on any atom is -0.351 e. The number of carbonyl (C=O) groups is 1. The molecule has 144 valence electrons. The van der Waals surface area contributed by atoms with Gasteiger partial charge in [0.1, 0.15) is 0 Å². The topological polar surface area (TPSA) is 78.5 Å². The summed E-state index contributed by atoms with van der Waals surface area (Å²) in [5.41, 5.74) is 1.68. The van der Waals surface area contributed by atoms with Crippen LogP contribution in [0.2, 0.25) is 0 Å². The highest BCUT2D eigenvalue weighted by Gasteiger charge is 2.16. The number of allylic oxidation sites excluding steroid dienone is 1. The Labute approximate surface area is 156 Å². The van der Waals surface area contributed by atoms with Crippen molar-refractivity contribution in [2.24, 2.45) is 0 Å². The second-order valence-electron chi connectivity index (χ2n) is 6.84. The third-order valence-corrected chi connectivity index (χ3v) is 5.83. The molecule has 26 heavy (non-hydrogen) atoms. The Kier molecular flexibility index (Phi) is 7.81. The predicted molar refractivity (Wildman–Crippen MR) is 104 cm³/mol. The van der Waals surface area contributed by atoms with Gasteiger partial charge in [0, 0.05) is 25.2 Å². The van der Waals surface area contributed by atoms with Gasteiger partial charge in [-0.15, -0.1) is 0 Å². The second-order valence-corrected chi connectivity index (χ2v) is 8.61. The van der Waals surface area contributed by atoms with E-state index in [9.17, 15) is 13.2 Å². The van der Waals surface area contributed by atoms with Gasteiger partial charge >= 0.3 is 0 Å². The second kappa shape index (κ2) is 9.85. The average molecular weight is 380 g/mol. The molecule has 0 radical (unpaired) electrons. The lowest BCUT2D eigenvalue weighted by Crippen LogP contribution is -2.31. The molecule has 0 saturated carbocycles. The van der Waals surface area contributed by atoms with Crippen LogP contribution in [0, 0.1) is 0 Å². The molecule has 1 aliphatic rings. The molecule has 1 amide bonds. The van der Waals surface area contributed by atoms with Gasteiger partial charge in [0.25, 0.3) is 5.91 Å². The Morgan fingerprint density at radius 2 is 2.00 bits per heavy atom. The fourth-order valence-corrected chi connectivity index (χ4v) is 3.94. The highest BCUT2D eigenvalue weighted by molar-refractivity contribution is 7.89. The first-order chi connectivity index (χ1) is 12.4. The predicted octanol–water partition coefficient (Wildman–Crippen LogP) is 2.15. The van der Waals surface area contributed by atoms with Gasteiger partial charge in [-0.05, 0) is 64.4 Å². The first-order valence-corrected chi connectivity index (χ1v) is 10.6. The maximum Gasteiger partial charge on any atom is 0.251 e. The van der Waals surface area contributed by atoms with Gasteiger partial charge in [-0.1, -0.05) is 17.7 Å². The van der Waals surface area contributed by atoms with E-state index < -0.39 is 10.0 Å². The minimum atomic E-state index is -3.62. The van der Waals surface area contributed by atoms with Crippen LogP contribution < -0.4 is 10.0 Å². The van der Waals surface area contributed by atoms with E-state index in [0.717, 1.165) is 25.8 Å². The Bertz CT molecular complexity index is 742. The number of rotatable bonds is 9. The summed E-state index contributed by atoms with van der Waals surface area (Å²) < 4.78 is 27.6. The van der Waals surface area contributed by atoms with E-state index in [1.165, 1.54) is 30.5 Å². The molecule has 1 aliphatic carbocycles. The van der Waals surface area contributed by atoms with Crippen molar-refractivity contribution in [2.75, 3.05) is 33.7 Å². The van der Waals surface area contributed by atoms with Crippen molar-refractivity contribution in [1.82, 2.24) is 14.9 Å². The number of likely N-dealkylation sites (N-methyl/N-ethyl adjacent to an activating group) is 1. The van der Waals surface area contributed by atoms with E-state index in [0.29, 0.717) is 18.7 Å². The highest BCUT2D eigenvalue weighted by atomic mass is 32.2. The molecule has 0 aliphatic heterocycles. The molecule has 2 N–H and O–H groups in total. The number of nitrogens with one attached hydrogen (secondary N) is 2. The molecule has 0 atom stereocenters. The number of hydrogen-bond acceptors (Lipinski definition) is 4. The average Bonchev–Trinajstić information content (AvgIpc) is 2.62. The van der Waals surface area contributed by atoms with Crippen LogP contribution in [0.4, 0.5) is 0 Å². The van der Waals surface area contributed by atoms with Crippen LogP contribution in [0.15, 0.2) is 40.8 Å². The summed E-state index contributed by atoms with van der Waals surface area (Å²) in [5.74, 6) is -0.267. The zero-order chi connectivity index (χ0) is 19.0. The molecule has 0 heterocycles. The lowest BCUT2D eigenvalue weighted by molar-refractivity contribution is 0.0951. The van der Waals surface area contributed by atoms with E-state index in [2.05, 4.69) is 16.1 Å². The number of amides is 1. The van der Waals surface area contributed by atoms with Crippen LogP contribution in [0.5, 0.6) is 0 Å². The van der Waals surface area contributed by atoms with Crippen LogP contribution in [-0.4, -0.2) is 53.0 Å². The molecular weight excluding hydrogens is 350 g/mol. The Morgan fingerprint density at radius 1 is 1.19 bits per heavy atom. The molecule has 0 fully saturated rings. The quantitative estimate of drug-likeness (QED) is 0.645. The molecule has 7 heteroatoms. The van der Waals surface area contributed by atoms with Crippen molar-refractivity contribution in [2.45, 2.75) is 37.0 Å². The molecule has 2 rings (SSSR count). The van der Waals surface area contributed by atoms with Crippen molar-refractivity contribution in [3.63, 3.8) is 0 Å². The summed E-state index contributed by atoms with van der Waals surface area (Å²) in [6.07, 6.45) is 7.51. The first-order valence-electron chi connectivity index (χ1n) is 9.09. The molecule has 1 aromatic carbocycles. The minimum absolute atomic E-state index is 0.121. The van der Waals surface area contributed by atoms with Gasteiger partial charge in [0.05, 0.1) is 4.90 Å². The first kappa shape index (κ1) is 20.6. The number of sulfonamides is 1. The van der Waals surface area contributed by atoms with E-state index in [4.69, 9.17) is 0 Å². The molecular formula is C19H29N3O3S. The zero-order valence-corrected chi connectivity index (χ0v) is 16.4. The van der Waals surface area contributed by atoms with Gasteiger partial charge in [-0.3, -0.25) is 4.79 Å². The fraction of sp³-hybridized carbons (Fsp3) is 0.526. The summed E-state index contributed by atoms with van der Waals surface area (Å²) in [7, 11) is 0.233. The van der Waals surface area contributed by atoms with Crippen LogP contribution in [0.1, 0.15) is 42.5 Å². The normalized spacial score (nSPS) is 15.0. The molecule has 0 spiro atoms. The monoisotopic (exact) mass is 379 g/mol. The van der Waals surface area contributed by atoms with Gasteiger partial charge in [-0.25, -0.2) is 13.1 Å². The molecule has 0 bridgehead atoms. The summed E-state index contributed by atoms with van der Waals surface area (Å²) in [4.78, 5) is 14.3. The van der Waals surface area contributed by atoms with Crippen LogP contribution in [0.3, 0.4) is 0 Å². The maximum absolute atomic E-state index is 12.5. The molecule has 6 nitrogen and oxygen atoms in total. The van der Waals surface area contributed by atoms with Gasteiger partial charge < -0.3 is 10.2 Å². The van der Waals surface area contributed by atoms with E-state index >= 15 is 0 Å². The van der Waals surface area contributed by atoms with Crippen LogP contribution >= 0.6 is 0 Å². The van der Waals surface area contributed by atoms with E-state index in [1.807, 2.05) is 19.0 Å². The SMILES string of the molecule is CN(C)CCNC(=O)c1cccc(S(=O)(=O)NCCC2=CCCCC2)c1. The standard InChI is InChI=1S/C19H29N3O3S/c1-22(2)14-13-20-19(23)17-9-6-10-18(15-17)26(24,25)21-12-11-16-7-4-3-5-8-16/h6-7,9-10,15,21H,3-5,8,11-14H2,1-2H3,(H,20,23). The van der Waals surface area contributed by atoms with Crippen molar-refractivity contribution >= 4 is 15.9 Å². The van der Waals surface area contributed by atoms with Crippen molar-refractivity contribution < 1.29 is 13.2 Å². The number of nitrogens with zero attached hydrogens (tertiary/aromatic N) is 1. The van der Waals surface area contributed by atoms with Gasteiger partial charge in [0.15, 0.2) is 0 Å². The molecule has 0 unspecified atom stereocenters. The Balaban J connectivity index is 1.93. The summed E-state index contributed by atoms with van der Waals surface area (Å²) in [6.45, 7) is 1.62. The van der Waals surface area contributed by atoms with Gasteiger partial charge in [-0.2, -0.15) is 0 Å². The van der Waals surface area contributed by atoms with Crippen LogP contribution in [-0.2, 0) is 10.0 Å². The highest BCUT2D eigenvalue weighted by Crippen LogP contribution is 2.20.